The normalized spacial score (nSPS) is 10.5. The Morgan fingerprint density at radius 1 is 1.62 bits per heavy atom. The second-order valence-electron chi connectivity index (χ2n) is 2.70. The summed E-state index contributed by atoms with van der Waals surface area (Å²) in [5.74, 6) is 0.109. The van der Waals surface area contributed by atoms with Gasteiger partial charge in [-0.2, -0.15) is 0 Å². The van der Waals surface area contributed by atoms with Gasteiger partial charge in [0.25, 0.3) is 0 Å². The van der Waals surface area contributed by atoms with Crippen molar-refractivity contribution in [1.82, 2.24) is 14.6 Å². The summed E-state index contributed by atoms with van der Waals surface area (Å²) in [6, 6.07) is 1.73. The maximum atomic E-state index is 11.2. The predicted molar refractivity (Wildman–Crippen MR) is 47.4 cm³/mol. The number of hydrogen-bond acceptors (Lipinski definition) is 4. The average Bonchev–Trinajstić information content (AvgIpc) is 2.39. The molecule has 13 heavy (non-hydrogen) atoms. The zero-order valence-electron chi connectivity index (χ0n) is 7.06. The van der Waals surface area contributed by atoms with Crippen LogP contribution in [0.15, 0.2) is 18.5 Å². The van der Waals surface area contributed by atoms with Gasteiger partial charge in [0.1, 0.15) is 5.56 Å². The van der Waals surface area contributed by atoms with Crippen LogP contribution >= 0.6 is 0 Å². The Balaban J connectivity index is 2.86. The molecule has 0 aliphatic heterocycles. The first kappa shape index (κ1) is 7.72. The Morgan fingerprint density at radius 3 is 3.08 bits per heavy atom. The number of rotatable bonds is 1. The Morgan fingerprint density at radius 2 is 2.38 bits per heavy atom. The molecule has 5 heteroatoms. The van der Waals surface area contributed by atoms with Gasteiger partial charge in [-0.05, 0) is 13.0 Å². The fourth-order valence-corrected chi connectivity index (χ4v) is 1.24. The van der Waals surface area contributed by atoms with Gasteiger partial charge in [-0.3, -0.25) is 4.79 Å². The Kier molecular flexibility index (Phi) is 1.51. The Hall–Kier alpha value is -1.91. The van der Waals surface area contributed by atoms with Crippen LogP contribution in [0.2, 0.25) is 0 Å². The fourth-order valence-electron chi connectivity index (χ4n) is 1.24. The summed E-state index contributed by atoms with van der Waals surface area (Å²) < 4.78 is 1.49. The minimum atomic E-state index is -0.119. The highest BCUT2D eigenvalue weighted by atomic mass is 16.1. The van der Waals surface area contributed by atoms with Gasteiger partial charge in [0, 0.05) is 12.4 Å². The maximum Gasteiger partial charge on any atom is 0.168 e. The first-order valence-electron chi connectivity index (χ1n) is 3.80. The van der Waals surface area contributed by atoms with E-state index in [4.69, 9.17) is 5.73 Å². The second-order valence-corrected chi connectivity index (χ2v) is 2.70. The molecule has 0 bridgehead atoms. The van der Waals surface area contributed by atoms with Crippen LogP contribution in [0.5, 0.6) is 0 Å². The van der Waals surface area contributed by atoms with Crippen LogP contribution in [0, 0.1) is 0 Å². The van der Waals surface area contributed by atoms with E-state index in [1.807, 2.05) is 0 Å². The van der Waals surface area contributed by atoms with Gasteiger partial charge in [-0.1, -0.05) is 0 Å². The molecular formula is C8H8N4O. The van der Waals surface area contributed by atoms with Crippen LogP contribution in [-0.2, 0) is 0 Å². The molecule has 2 aromatic heterocycles. The van der Waals surface area contributed by atoms with Gasteiger partial charge in [0.05, 0.1) is 0 Å². The minimum absolute atomic E-state index is 0.119. The zero-order valence-corrected chi connectivity index (χ0v) is 7.06. The van der Waals surface area contributed by atoms with Crippen molar-refractivity contribution < 1.29 is 4.79 Å². The molecular weight excluding hydrogens is 168 g/mol. The minimum Gasteiger partial charge on any atom is -0.382 e. The zero-order chi connectivity index (χ0) is 9.42. The van der Waals surface area contributed by atoms with Crippen molar-refractivity contribution in [1.29, 1.82) is 0 Å². The van der Waals surface area contributed by atoms with Crippen molar-refractivity contribution in [2.75, 3.05) is 5.73 Å². The number of hydrogen-bond donors (Lipinski definition) is 1. The molecule has 0 unspecified atom stereocenters. The molecule has 2 N–H and O–H groups in total. The van der Waals surface area contributed by atoms with E-state index in [1.165, 1.54) is 11.4 Å². The molecule has 0 atom stereocenters. The van der Waals surface area contributed by atoms with Crippen molar-refractivity contribution in [2.45, 2.75) is 6.92 Å². The number of nitrogen functional groups attached to an aromatic ring is 1. The summed E-state index contributed by atoms with van der Waals surface area (Å²) >= 11 is 0. The standard InChI is InChI=1S/C8H8N4O/c1-5(13)6-7(9)11-12-4-2-3-10-8(6)12/h2-4H,1H3,(H2,9,11). The number of nitrogens with two attached hydrogens (primary N) is 1. The third kappa shape index (κ3) is 1.05. The van der Waals surface area contributed by atoms with Crippen LogP contribution in [0.25, 0.3) is 5.65 Å². The molecule has 0 spiro atoms. The van der Waals surface area contributed by atoms with Gasteiger partial charge in [-0.15, -0.1) is 5.10 Å². The number of carbonyl (C=O) groups excluding carboxylic acids is 1. The van der Waals surface area contributed by atoms with Gasteiger partial charge >= 0.3 is 0 Å². The van der Waals surface area contributed by atoms with Crippen LogP contribution < -0.4 is 5.73 Å². The first-order valence-corrected chi connectivity index (χ1v) is 3.80. The van der Waals surface area contributed by atoms with E-state index in [1.54, 1.807) is 18.5 Å². The van der Waals surface area contributed by atoms with Gasteiger partial charge in [0.2, 0.25) is 0 Å². The molecule has 0 amide bonds. The van der Waals surface area contributed by atoms with Crippen LogP contribution in [-0.4, -0.2) is 20.4 Å². The van der Waals surface area contributed by atoms with Crippen molar-refractivity contribution in [3.63, 3.8) is 0 Å². The fraction of sp³-hybridized carbons (Fsp3) is 0.125. The lowest BCUT2D eigenvalue weighted by Gasteiger charge is -1.91. The largest absolute Gasteiger partial charge is 0.382 e. The monoisotopic (exact) mass is 176 g/mol. The SMILES string of the molecule is CC(=O)c1c(N)nn2cccnc12. The van der Waals surface area contributed by atoms with E-state index in [9.17, 15) is 4.79 Å². The first-order chi connectivity index (χ1) is 6.20. The summed E-state index contributed by atoms with van der Waals surface area (Å²) in [6.45, 7) is 1.45. The third-order valence-corrected chi connectivity index (χ3v) is 1.77. The third-order valence-electron chi connectivity index (χ3n) is 1.77. The topological polar surface area (TPSA) is 73.3 Å². The highest BCUT2D eigenvalue weighted by molar-refractivity contribution is 6.04. The lowest BCUT2D eigenvalue weighted by Crippen LogP contribution is -1.97. The Bertz CT molecular complexity index is 474. The van der Waals surface area contributed by atoms with Gasteiger partial charge < -0.3 is 5.73 Å². The molecule has 0 radical (unpaired) electrons. The van der Waals surface area contributed by atoms with Crippen LogP contribution in [0.4, 0.5) is 5.82 Å². The van der Waals surface area contributed by atoms with E-state index in [0.717, 1.165) is 0 Å². The lowest BCUT2D eigenvalue weighted by atomic mass is 10.2. The quantitative estimate of drug-likeness (QED) is 0.642. The van der Waals surface area contributed by atoms with E-state index in [0.29, 0.717) is 11.2 Å². The molecule has 0 fully saturated rings. The number of nitrogens with zero attached hydrogens (tertiary/aromatic N) is 3. The molecule has 0 aliphatic carbocycles. The number of anilines is 1. The highest BCUT2D eigenvalue weighted by Gasteiger charge is 2.14. The van der Waals surface area contributed by atoms with Crippen LogP contribution in [0.1, 0.15) is 17.3 Å². The molecule has 0 aromatic carbocycles. The lowest BCUT2D eigenvalue weighted by molar-refractivity contribution is 0.102. The number of Topliss-reactive ketones (excluding diaryl/α,β-unsaturated/α-hetero) is 1. The summed E-state index contributed by atoms with van der Waals surface area (Å²) in [7, 11) is 0. The van der Waals surface area contributed by atoms with Crippen molar-refractivity contribution in [3.05, 3.63) is 24.0 Å². The molecule has 2 aromatic rings. The molecule has 66 valence electrons. The predicted octanol–water partition coefficient (Wildman–Crippen LogP) is 0.514. The van der Waals surface area contributed by atoms with Crippen molar-refractivity contribution in [3.8, 4) is 0 Å². The van der Waals surface area contributed by atoms with Crippen molar-refractivity contribution in [2.24, 2.45) is 0 Å². The molecule has 0 saturated carbocycles. The van der Waals surface area contributed by atoms with E-state index < -0.39 is 0 Å². The second kappa shape index (κ2) is 2.55. The molecule has 0 saturated heterocycles. The average molecular weight is 176 g/mol. The number of ketones is 1. The molecule has 2 heterocycles. The summed E-state index contributed by atoms with van der Waals surface area (Å²) in [5, 5.41) is 3.95. The molecule has 5 nitrogen and oxygen atoms in total. The van der Waals surface area contributed by atoms with Gasteiger partial charge in [-0.25, -0.2) is 9.50 Å². The smallest absolute Gasteiger partial charge is 0.168 e. The number of aromatic nitrogens is 3. The number of carbonyl (C=O) groups is 1. The van der Waals surface area contributed by atoms with Crippen LogP contribution in [0.3, 0.4) is 0 Å². The van der Waals surface area contributed by atoms with E-state index >= 15 is 0 Å². The maximum absolute atomic E-state index is 11.2. The van der Waals surface area contributed by atoms with Gasteiger partial charge in [0.15, 0.2) is 17.2 Å². The number of fused-ring (bicyclic) bond motifs is 1. The summed E-state index contributed by atoms with van der Waals surface area (Å²) in [6.07, 6.45) is 3.30. The molecule has 2 rings (SSSR count). The Labute approximate surface area is 74.2 Å². The van der Waals surface area contributed by atoms with E-state index in [-0.39, 0.29) is 11.6 Å². The van der Waals surface area contributed by atoms with Crippen molar-refractivity contribution >= 4 is 17.2 Å². The van der Waals surface area contributed by atoms with E-state index in [2.05, 4.69) is 10.1 Å². The summed E-state index contributed by atoms with van der Waals surface area (Å²) in [4.78, 5) is 15.2. The highest BCUT2D eigenvalue weighted by Crippen LogP contribution is 2.15. The summed E-state index contributed by atoms with van der Waals surface area (Å²) in [5.41, 5.74) is 6.46. The molecule has 0 aliphatic rings.